The first-order valence-corrected chi connectivity index (χ1v) is 6.34. The molecule has 0 saturated heterocycles. The molecule has 1 saturated carbocycles. The van der Waals surface area contributed by atoms with Gasteiger partial charge in [0.25, 0.3) is 0 Å². The minimum absolute atomic E-state index is 0.00297. The van der Waals surface area contributed by atoms with Crippen molar-refractivity contribution >= 4 is 17.6 Å². The summed E-state index contributed by atoms with van der Waals surface area (Å²) in [5, 5.41) is 7.40. The number of rotatable bonds is 5. The zero-order valence-corrected chi connectivity index (χ0v) is 10.7. The Hall–Kier alpha value is -2.18. The normalized spacial score (nSPS) is 13.7. The first-order chi connectivity index (χ1) is 9.56. The Bertz CT molecular complexity index is 518. The number of hydrogen-bond acceptors (Lipinski definition) is 2. The number of hydrogen-bond donors (Lipinski definition) is 3. The summed E-state index contributed by atoms with van der Waals surface area (Å²) in [4.78, 5) is 22.7. The maximum atomic E-state index is 13.3. The van der Waals surface area contributed by atoms with Gasteiger partial charge in [-0.2, -0.15) is 0 Å². The average molecular weight is 283 g/mol. The van der Waals surface area contributed by atoms with Crippen LogP contribution in [0, 0.1) is 17.6 Å². The summed E-state index contributed by atoms with van der Waals surface area (Å²) in [5.74, 6) is -1.44. The molecule has 0 aromatic heterocycles. The SMILES string of the molecule is O=C(NCCNC(=O)C1CC1)Nc1ccc(F)cc1F. The molecule has 108 valence electrons. The molecule has 0 aliphatic heterocycles. The minimum atomic E-state index is -0.845. The summed E-state index contributed by atoms with van der Waals surface area (Å²) in [7, 11) is 0. The largest absolute Gasteiger partial charge is 0.354 e. The fourth-order valence-electron chi connectivity index (χ4n) is 1.61. The topological polar surface area (TPSA) is 70.2 Å². The number of carbonyl (C=O) groups is 2. The van der Waals surface area contributed by atoms with Crippen LogP contribution in [-0.4, -0.2) is 25.0 Å². The van der Waals surface area contributed by atoms with Crippen molar-refractivity contribution in [2.75, 3.05) is 18.4 Å². The van der Waals surface area contributed by atoms with Gasteiger partial charge in [0.05, 0.1) is 5.69 Å². The van der Waals surface area contributed by atoms with Crippen LogP contribution in [0.4, 0.5) is 19.3 Å². The highest BCUT2D eigenvalue weighted by Gasteiger charge is 2.28. The second kappa shape index (κ2) is 6.31. The number of benzene rings is 1. The Labute approximate surface area is 114 Å². The lowest BCUT2D eigenvalue weighted by atomic mass is 10.3. The van der Waals surface area contributed by atoms with E-state index >= 15 is 0 Å². The van der Waals surface area contributed by atoms with Crippen LogP contribution < -0.4 is 16.0 Å². The summed E-state index contributed by atoms with van der Waals surface area (Å²) < 4.78 is 25.9. The third kappa shape index (κ3) is 4.18. The first kappa shape index (κ1) is 14.2. The Morgan fingerprint density at radius 2 is 1.85 bits per heavy atom. The van der Waals surface area contributed by atoms with E-state index in [9.17, 15) is 18.4 Å². The van der Waals surface area contributed by atoms with Gasteiger partial charge in [0.2, 0.25) is 5.91 Å². The highest BCUT2D eigenvalue weighted by molar-refractivity contribution is 5.89. The van der Waals surface area contributed by atoms with Gasteiger partial charge in [0, 0.05) is 25.1 Å². The van der Waals surface area contributed by atoms with Gasteiger partial charge in [-0.3, -0.25) is 4.79 Å². The van der Waals surface area contributed by atoms with Crippen molar-refractivity contribution in [3.8, 4) is 0 Å². The van der Waals surface area contributed by atoms with Crippen molar-refractivity contribution < 1.29 is 18.4 Å². The first-order valence-electron chi connectivity index (χ1n) is 6.34. The highest BCUT2D eigenvalue weighted by atomic mass is 19.1. The molecule has 1 aromatic rings. The standard InChI is InChI=1S/C13H15F2N3O2/c14-9-3-4-11(10(15)7-9)18-13(20)17-6-5-16-12(19)8-1-2-8/h3-4,7-8H,1-2,5-6H2,(H,16,19)(H2,17,18,20). The summed E-state index contributed by atoms with van der Waals surface area (Å²) in [6.45, 7) is 0.543. The van der Waals surface area contributed by atoms with Crippen LogP contribution in [0.25, 0.3) is 0 Å². The van der Waals surface area contributed by atoms with Crippen LogP contribution in [0.15, 0.2) is 18.2 Å². The zero-order chi connectivity index (χ0) is 14.5. The van der Waals surface area contributed by atoms with Crippen LogP contribution in [0.2, 0.25) is 0 Å². The molecule has 1 aliphatic carbocycles. The highest BCUT2D eigenvalue weighted by Crippen LogP contribution is 2.28. The molecule has 1 aromatic carbocycles. The van der Waals surface area contributed by atoms with Crippen LogP contribution in [0.3, 0.4) is 0 Å². The van der Waals surface area contributed by atoms with Crippen molar-refractivity contribution in [3.05, 3.63) is 29.8 Å². The van der Waals surface area contributed by atoms with Gasteiger partial charge in [-0.1, -0.05) is 0 Å². The second-order valence-corrected chi connectivity index (χ2v) is 4.57. The predicted molar refractivity (Wildman–Crippen MR) is 69.1 cm³/mol. The van der Waals surface area contributed by atoms with Crippen molar-refractivity contribution in [3.63, 3.8) is 0 Å². The molecule has 2 rings (SSSR count). The molecule has 0 radical (unpaired) electrons. The molecule has 0 spiro atoms. The number of urea groups is 1. The van der Waals surface area contributed by atoms with E-state index in [1.54, 1.807) is 0 Å². The Balaban J connectivity index is 1.68. The Morgan fingerprint density at radius 3 is 2.50 bits per heavy atom. The molecule has 1 fully saturated rings. The van der Waals surface area contributed by atoms with E-state index in [1.165, 1.54) is 0 Å². The van der Waals surface area contributed by atoms with Gasteiger partial charge in [0.1, 0.15) is 11.6 Å². The van der Waals surface area contributed by atoms with Crippen LogP contribution in [0.5, 0.6) is 0 Å². The third-order valence-electron chi connectivity index (χ3n) is 2.84. The molecule has 0 atom stereocenters. The lowest BCUT2D eigenvalue weighted by Crippen LogP contribution is -2.37. The van der Waals surface area contributed by atoms with Crippen molar-refractivity contribution in [1.29, 1.82) is 0 Å². The van der Waals surface area contributed by atoms with Crippen LogP contribution >= 0.6 is 0 Å². The van der Waals surface area contributed by atoms with Crippen LogP contribution in [-0.2, 0) is 4.79 Å². The van der Waals surface area contributed by atoms with Crippen LogP contribution in [0.1, 0.15) is 12.8 Å². The van der Waals surface area contributed by atoms with Gasteiger partial charge < -0.3 is 16.0 Å². The number of nitrogens with one attached hydrogen (secondary N) is 3. The number of amides is 3. The van der Waals surface area contributed by atoms with Gasteiger partial charge in [0.15, 0.2) is 0 Å². The molecule has 20 heavy (non-hydrogen) atoms. The van der Waals surface area contributed by atoms with Crippen molar-refractivity contribution in [2.24, 2.45) is 5.92 Å². The maximum absolute atomic E-state index is 13.3. The van der Waals surface area contributed by atoms with Gasteiger partial charge >= 0.3 is 6.03 Å². The van der Waals surface area contributed by atoms with Crippen molar-refractivity contribution in [1.82, 2.24) is 10.6 Å². The summed E-state index contributed by atoms with van der Waals surface area (Å²) >= 11 is 0. The van der Waals surface area contributed by atoms with E-state index in [4.69, 9.17) is 0 Å². The molecule has 3 amide bonds. The molecule has 3 N–H and O–H groups in total. The number of anilines is 1. The fourth-order valence-corrected chi connectivity index (χ4v) is 1.61. The molecular formula is C13H15F2N3O2. The van der Waals surface area contributed by atoms with E-state index < -0.39 is 17.7 Å². The summed E-state index contributed by atoms with van der Waals surface area (Å²) in [6, 6.07) is 2.26. The van der Waals surface area contributed by atoms with Gasteiger partial charge in [-0.05, 0) is 25.0 Å². The summed E-state index contributed by atoms with van der Waals surface area (Å²) in [5.41, 5.74) is -0.106. The lowest BCUT2D eigenvalue weighted by molar-refractivity contribution is -0.122. The van der Waals surface area contributed by atoms with E-state index in [2.05, 4.69) is 16.0 Å². The van der Waals surface area contributed by atoms with Gasteiger partial charge in [-0.15, -0.1) is 0 Å². The average Bonchev–Trinajstić information content (AvgIpc) is 3.22. The zero-order valence-electron chi connectivity index (χ0n) is 10.7. The van der Waals surface area contributed by atoms with Crippen molar-refractivity contribution in [2.45, 2.75) is 12.8 Å². The molecule has 0 bridgehead atoms. The Morgan fingerprint density at radius 1 is 1.15 bits per heavy atom. The predicted octanol–water partition coefficient (Wildman–Crippen LogP) is 1.61. The Kier molecular flexibility index (Phi) is 4.49. The van der Waals surface area contributed by atoms with Gasteiger partial charge in [-0.25, -0.2) is 13.6 Å². The molecular weight excluding hydrogens is 268 g/mol. The summed E-state index contributed by atoms with van der Waals surface area (Å²) in [6.07, 6.45) is 1.84. The quantitative estimate of drug-likeness (QED) is 0.719. The van der Waals surface area contributed by atoms with E-state index in [0.29, 0.717) is 12.6 Å². The van der Waals surface area contributed by atoms with E-state index in [0.717, 1.165) is 25.0 Å². The van der Waals surface area contributed by atoms with E-state index in [1.807, 2.05) is 0 Å². The fraction of sp³-hybridized carbons (Fsp3) is 0.385. The molecule has 5 nitrogen and oxygen atoms in total. The molecule has 0 unspecified atom stereocenters. The monoisotopic (exact) mass is 283 g/mol. The second-order valence-electron chi connectivity index (χ2n) is 4.57. The lowest BCUT2D eigenvalue weighted by Gasteiger charge is -2.09. The smallest absolute Gasteiger partial charge is 0.319 e. The van der Waals surface area contributed by atoms with E-state index in [-0.39, 0.29) is 24.1 Å². The minimum Gasteiger partial charge on any atom is -0.354 e. The number of carbonyl (C=O) groups excluding carboxylic acids is 2. The molecule has 0 heterocycles. The molecule has 1 aliphatic rings. The molecule has 7 heteroatoms. The number of halogens is 2. The third-order valence-corrected chi connectivity index (χ3v) is 2.84. The maximum Gasteiger partial charge on any atom is 0.319 e.